The van der Waals surface area contributed by atoms with Crippen LogP contribution in [0.5, 0.6) is 5.75 Å². The Kier molecular flexibility index (Phi) is 8.49. The molecule has 238 valence electrons. The van der Waals surface area contributed by atoms with Crippen molar-refractivity contribution in [3.63, 3.8) is 0 Å². The Balaban J connectivity index is 1.27. The highest BCUT2D eigenvalue weighted by Crippen LogP contribution is 2.46. The van der Waals surface area contributed by atoms with Crippen LogP contribution in [0.15, 0.2) is 36.4 Å². The summed E-state index contributed by atoms with van der Waals surface area (Å²) in [5.41, 5.74) is 1.69. The van der Waals surface area contributed by atoms with Crippen molar-refractivity contribution in [2.45, 2.75) is 89.3 Å². The predicted octanol–water partition coefficient (Wildman–Crippen LogP) is 4.59. The summed E-state index contributed by atoms with van der Waals surface area (Å²) >= 11 is 0. The molecule has 0 spiro atoms. The molecule has 0 unspecified atom stereocenters. The molecule has 2 amide bonds. The molecular formula is C33H43FN4O5S. The van der Waals surface area contributed by atoms with E-state index in [9.17, 15) is 18.0 Å². The van der Waals surface area contributed by atoms with Gasteiger partial charge in [0.05, 0.1) is 11.6 Å². The number of carbonyl (C=O) groups excluding carboxylic acids is 2. The third-order valence-electron chi connectivity index (χ3n) is 9.77. The Bertz CT molecular complexity index is 1540. The van der Waals surface area contributed by atoms with Gasteiger partial charge in [-0.15, -0.1) is 0 Å². The monoisotopic (exact) mass is 626 g/mol. The van der Waals surface area contributed by atoms with Crippen LogP contribution in [0.1, 0.15) is 87.1 Å². The summed E-state index contributed by atoms with van der Waals surface area (Å²) in [6, 6.07) is 9.63. The summed E-state index contributed by atoms with van der Waals surface area (Å²) in [6.45, 7) is 5.96. The van der Waals surface area contributed by atoms with E-state index in [4.69, 9.17) is 4.74 Å². The van der Waals surface area contributed by atoms with Crippen LogP contribution in [0.2, 0.25) is 0 Å². The summed E-state index contributed by atoms with van der Waals surface area (Å²) in [6.07, 6.45) is 6.08. The van der Waals surface area contributed by atoms with Crippen LogP contribution in [0.4, 0.5) is 4.39 Å². The van der Waals surface area contributed by atoms with E-state index in [2.05, 4.69) is 28.8 Å². The molecule has 0 aromatic heterocycles. The number of hydrogen-bond donors (Lipinski definition) is 2. The molecule has 2 aromatic rings. The molecule has 4 fully saturated rings. The first-order valence-corrected chi connectivity index (χ1v) is 17.3. The van der Waals surface area contributed by atoms with Crippen LogP contribution >= 0.6 is 0 Å². The number of rotatable bonds is 9. The number of hydrogen-bond acceptors (Lipinski definition) is 6. The lowest BCUT2D eigenvalue weighted by Gasteiger charge is -2.30. The topological polar surface area (TPSA) is 108 Å². The zero-order valence-electron chi connectivity index (χ0n) is 25.8. The van der Waals surface area contributed by atoms with Crippen LogP contribution in [-0.2, 0) is 15.0 Å². The predicted molar refractivity (Wildman–Crippen MR) is 166 cm³/mol. The molecule has 0 bridgehead atoms. The van der Waals surface area contributed by atoms with Gasteiger partial charge in [0.15, 0.2) is 0 Å². The number of likely N-dealkylation sites (N-methyl/N-ethyl adjacent to an activating group) is 1. The summed E-state index contributed by atoms with van der Waals surface area (Å²) in [5, 5.41) is 3.23. The number of benzene rings is 2. The van der Waals surface area contributed by atoms with Gasteiger partial charge < -0.3 is 10.1 Å². The average Bonchev–Trinajstić information content (AvgIpc) is 3.43. The van der Waals surface area contributed by atoms with Crippen molar-refractivity contribution in [3.05, 3.63) is 53.3 Å². The number of likely N-dealkylation sites (tertiary alicyclic amines) is 1. The van der Waals surface area contributed by atoms with Crippen LogP contribution in [0.3, 0.4) is 0 Å². The molecule has 11 heteroatoms. The first-order chi connectivity index (χ1) is 20.9. The van der Waals surface area contributed by atoms with Crippen molar-refractivity contribution >= 4 is 22.0 Å². The summed E-state index contributed by atoms with van der Waals surface area (Å²) in [4.78, 5) is 28.9. The molecule has 0 radical (unpaired) electrons. The third-order valence-corrected chi connectivity index (χ3v) is 11.3. The average molecular weight is 627 g/mol. The Labute approximate surface area is 259 Å². The van der Waals surface area contributed by atoms with Crippen LogP contribution in [0, 0.1) is 11.2 Å². The second-order valence-electron chi connectivity index (χ2n) is 13.8. The van der Waals surface area contributed by atoms with Crippen LogP contribution < -0.4 is 14.8 Å². The van der Waals surface area contributed by atoms with Gasteiger partial charge in [-0.25, -0.2) is 9.11 Å². The lowest BCUT2D eigenvalue weighted by Crippen LogP contribution is -2.49. The van der Waals surface area contributed by atoms with Crippen LogP contribution in [-0.4, -0.2) is 74.3 Å². The molecule has 44 heavy (non-hydrogen) atoms. The van der Waals surface area contributed by atoms with Crippen molar-refractivity contribution in [1.29, 1.82) is 0 Å². The summed E-state index contributed by atoms with van der Waals surface area (Å²) in [5.74, 6) is -0.660. The molecule has 9 nitrogen and oxygen atoms in total. The van der Waals surface area contributed by atoms with Gasteiger partial charge in [-0.1, -0.05) is 38.5 Å². The number of ether oxygens (including phenoxy) is 1. The van der Waals surface area contributed by atoms with E-state index in [1.165, 1.54) is 10.4 Å². The first kappa shape index (κ1) is 31.0. The normalized spacial score (nSPS) is 25.7. The largest absolute Gasteiger partial charge is 0.490 e. The molecule has 6 rings (SSSR count). The Morgan fingerprint density at radius 2 is 1.77 bits per heavy atom. The van der Waals surface area contributed by atoms with E-state index in [0.717, 1.165) is 45.1 Å². The second-order valence-corrected chi connectivity index (χ2v) is 15.4. The lowest BCUT2D eigenvalue weighted by atomic mass is 9.76. The molecule has 2 saturated carbocycles. The van der Waals surface area contributed by atoms with E-state index in [-0.39, 0.29) is 46.8 Å². The minimum atomic E-state index is -4.00. The maximum absolute atomic E-state index is 15.4. The highest BCUT2D eigenvalue weighted by molar-refractivity contribution is 7.87. The molecule has 2 saturated heterocycles. The van der Waals surface area contributed by atoms with E-state index in [1.54, 1.807) is 30.3 Å². The number of nitrogens with zero attached hydrogens (tertiary/aromatic N) is 2. The Hall–Kier alpha value is -3.02. The van der Waals surface area contributed by atoms with Gasteiger partial charge in [-0.05, 0) is 86.2 Å². The van der Waals surface area contributed by atoms with Gasteiger partial charge in [0, 0.05) is 37.7 Å². The maximum Gasteiger partial charge on any atom is 0.304 e. The van der Waals surface area contributed by atoms with Crippen molar-refractivity contribution < 1.29 is 27.1 Å². The van der Waals surface area contributed by atoms with Gasteiger partial charge in [0.25, 0.3) is 5.91 Å². The van der Waals surface area contributed by atoms with Gasteiger partial charge >= 0.3 is 10.2 Å². The van der Waals surface area contributed by atoms with E-state index >= 15 is 4.39 Å². The van der Waals surface area contributed by atoms with E-state index in [1.807, 2.05) is 7.05 Å². The molecule has 4 aliphatic rings. The molecule has 2 aliphatic carbocycles. The number of amides is 2. The second kappa shape index (κ2) is 12.1. The highest BCUT2D eigenvalue weighted by atomic mass is 32.2. The number of nitrogens with one attached hydrogen (secondary N) is 2. The SMILES string of the molecule is CN1CC(C)(C)C[C@H]1C(=O)N[C@@H]1CC[C@@H](Oc2cccc(C(=O)NS(=O)(=O)N3CCC3)c2-c2cccc(F)c2C2CCC2)C1. The van der Waals surface area contributed by atoms with Gasteiger partial charge in [-0.3, -0.25) is 14.5 Å². The van der Waals surface area contributed by atoms with Crippen molar-refractivity contribution in [2.75, 3.05) is 26.7 Å². The minimum absolute atomic E-state index is 0.0183. The molecular weight excluding hydrogens is 583 g/mol. The highest BCUT2D eigenvalue weighted by Gasteiger charge is 2.40. The zero-order chi connectivity index (χ0) is 31.2. The first-order valence-electron chi connectivity index (χ1n) is 15.8. The molecule has 2 heterocycles. The Morgan fingerprint density at radius 3 is 2.41 bits per heavy atom. The molecule has 2 N–H and O–H groups in total. The molecule has 2 aromatic carbocycles. The quantitative estimate of drug-likeness (QED) is 0.422. The van der Waals surface area contributed by atoms with Crippen molar-refractivity contribution in [3.8, 4) is 16.9 Å². The third kappa shape index (κ3) is 6.23. The fourth-order valence-corrected chi connectivity index (χ4v) is 8.42. The van der Waals surface area contributed by atoms with Crippen LogP contribution in [0.25, 0.3) is 11.1 Å². The zero-order valence-corrected chi connectivity index (χ0v) is 26.6. The minimum Gasteiger partial charge on any atom is -0.490 e. The summed E-state index contributed by atoms with van der Waals surface area (Å²) < 4.78 is 51.1. The standard InChI is InChI=1S/C33H43FN4O5S/c1-33(2)19-27(37(3)20-33)32(40)35-22-14-15-23(18-22)43-28-13-6-11-25(31(39)36-44(41,42)38-16-7-17-38)30(28)24-10-5-12-26(34)29(24)21-8-4-9-21/h5-6,10-13,21-23,27H,4,7-9,14-20H2,1-3H3,(H,35,40)(H,36,39)/t22-,23-,27+/m1/s1. The van der Waals surface area contributed by atoms with Crippen molar-refractivity contribution in [2.24, 2.45) is 5.41 Å². The van der Waals surface area contributed by atoms with Gasteiger partial charge in [-0.2, -0.15) is 12.7 Å². The smallest absolute Gasteiger partial charge is 0.304 e. The number of halogens is 1. The van der Waals surface area contributed by atoms with Crippen molar-refractivity contribution in [1.82, 2.24) is 19.2 Å². The molecule has 3 atom stereocenters. The lowest BCUT2D eigenvalue weighted by molar-refractivity contribution is -0.125. The molecule has 2 aliphatic heterocycles. The fraction of sp³-hybridized carbons (Fsp3) is 0.576. The Morgan fingerprint density at radius 1 is 1.02 bits per heavy atom. The number of carbonyl (C=O) groups is 2. The fourth-order valence-electron chi connectivity index (χ4n) is 7.20. The van der Waals surface area contributed by atoms with E-state index < -0.39 is 16.1 Å². The van der Waals surface area contributed by atoms with E-state index in [0.29, 0.717) is 48.4 Å². The summed E-state index contributed by atoms with van der Waals surface area (Å²) in [7, 11) is -2.01. The van der Waals surface area contributed by atoms with Gasteiger partial charge in [0.2, 0.25) is 5.91 Å². The van der Waals surface area contributed by atoms with Gasteiger partial charge in [0.1, 0.15) is 17.7 Å². The maximum atomic E-state index is 15.4.